The van der Waals surface area contributed by atoms with Gasteiger partial charge in [-0.1, -0.05) is 38.0 Å². The highest BCUT2D eigenvalue weighted by Gasteiger charge is 2.20. The second-order valence-corrected chi connectivity index (χ2v) is 5.02. The third kappa shape index (κ3) is 3.08. The molecule has 0 heterocycles. The highest BCUT2D eigenvalue weighted by molar-refractivity contribution is 5.37. The lowest BCUT2D eigenvalue weighted by molar-refractivity contribution is 0.279. The maximum absolute atomic E-state index is 9.03. The first-order valence-corrected chi connectivity index (χ1v) is 6.52. The zero-order valence-electron chi connectivity index (χ0n) is 10.4. The number of nitriles is 1. The molecule has 0 radical (unpaired) electrons. The minimum absolute atomic E-state index is 0.621. The molecule has 1 N–H and O–H groups in total. The molecule has 0 spiro atoms. The second-order valence-electron chi connectivity index (χ2n) is 5.02. The number of hydrogen-bond donors (Lipinski definition) is 1. The van der Waals surface area contributed by atoms with Gasteiger partial charge in [0, 0.05) is 12.6 Å². The van der Waals surface area contributed by atoms with E-state index in [0.717, 1.165) is 23.6 Å². The van der Waals surface area contributed by atoms with Gasteiger partial charge in [0.15, 0.2) is 0 Å². The van der Waals surface area contributed by atoms with Gasteiger partial charge in [0.05, 0.1) is 11.6 Å². The molecule has 90 valence electrons. The van der Waals surface area contributed by atoms with Crippen LogP contribution >= 0.6 is 0 Å². The van der Waals surface area contributed by atoms with Crippen molar-refractivity contribution >= 4 is 0 Å². The molecule has 1 aliphatic rings. The van der Waals surface area contributed by atoms with Crippen molar-refractivity contribution in [2.45, 2.75) is 45.2 Å². The van der Waals surface area contributed by atoms with Crippen LogP contribution in [0.5, 0.6) is 0 Å². The van der Waals surface area contributed by atoms with E-state index in [1.165, 1.54) is 25.7 Å². The molecule has 0 aromatic heterocycles. The van der Waals surface area contributed by atoms with Crippen molar-refractivity contribution in [3.8, 4) is 6.07 Å². The van der Waals surface area contributed by atoms with Crippen LogP contribution in [0.15, 0.2) is 24.3 Å². The number of nitrogens with one attached hydrogen (secondary N) is 1. The fourth-order valence-electron chi connectivity index (χ4n) is 2.64. The van der Waals surface area contributed by atoms with Gasteiger partial charge < -0.3 is 5.32 Å². The molecule has 1 saturated carbocycles. The van der Waals surface area contributed by atoms with E-state index in [9.17, 15) is 0 Å². The number of nitrogens with zero attached hydrogens (tertiary/aromatic N) is 1. The molecule has 1 aliphatic carbocycles. The standard InChI is InChI=1S/C15H20N2/c1-12-6-2-5-9-15(12)17-11-14-8-4-3-7-13(14)10-16/h3-4,7-8,12,15,17H,2,5-6,9,11H2,1H3. The van der Waals surface area contributed by atoms with Gasteiger partial charge in [-0.15, -0.1) is 0 Å². The Morgan fingerprint density at radius 1 is 1.29 bits per heavy atom. The molecule has 17 heavy (non-hydrogen) atoms. The maximum Gasteiger partial charge on any atom is 0.0995 e. The Kier molecular flexibility index (Phi) is 4.17. The van der Waals surface area contributed by atoms with Gasteiger partial charge in [-0.05, 0) is 30.4 Å². The highest BCUT2D eigenvalue weighted by Crippen LogP contribution is 2.24. The van der Waals surface area contributed by atoms with E-state index >= 15 is 0 Å². The quantitative estimate of drug-likeness (QED) is 0.862. The molecular formula is C15H20N2. The number of benzene rings is 1. The van der Waals surface area contributed by atoms with E-state index in [1.807, 2.05) is 24.3 Å². The molecule has 2 unspecified atom stereocenters. The van der Waals surface area contributed by atoms with Crippen molar-refractivity contribution in [2.75, 3.05) is 0 Å². The molecule has 2 atom stereocenters. The predicted molar refractivity (Wildman–Crippen MR) is 69.4 cm³/mol. The van der Waals surface area contributed by atoms with E-state index < -0.39 is 0 Å². The van der Waals surface area contributed by atoms with E-state index in [2.05, 4.69) is 18.3 Å². The van der Waals surface area contributed by atoms with Gasteiger partial charge in [0.1, 0.15) is 0 Å². The maximum atomic E-state index is 9.03. The summed E-state index contributed by atoms with van der Waals surface area (Å²) >= 11 is 0. The molecule has 1 aromatic carbocycles. The Morgan fingerprint density at radius 3 is 2.82 bits per heavy atom. The average Bonchev–Trinajstić information content (AvgIpc) is 2.38. The predicted octanol–water partition coefficient (Wildman–Crippen LogP) is 3.23. The Labute approximate surface area is 104 Å². The zero-order chi connectivity index (χ0) is 12.1. The van der Waals surface area contributed by atoms with Crippen molar-refractivity contribution in [1.82, 2.24) is 5.32 Å². The van der Waals surface area contributed by atoms with Crippen molar-refractivity contribution in [2.24, 2.45) is 5.92 Å². The second kappa shape index (κ2) is 5.84. The van der Waals surface area contributed by atoms with Crippen LogP contribution in [0.2, 0.25) is 0 Å². The van der Waals surface area contributed by atoms with Gasteiger partial charge in [-0.25, -0.2) is 0 Å². The normalized spacial score (nSPS) is 24.2. The van der Waals surface area contributed by atoms with Crippen LogP contribution in [-0.4, -0.2) is 6.04 Å². The van der Waals surface area contributed by atoms with Crippen LogP contribution in [0.3, 0.4) is 0 Å². The first kappa shape index (κ1) is 12.1. The van der Waals surface area contributed by atoms with Crippen LogP contribution in [-0.2, 0) is 6.54 Å². The van der Waals surface area contributed by atoms with Gasteiger partial charge in [0.2, 0.25) is 0 Å². The fraction of sp³-hybridized carbons (Fsp3) is 0.533. The molecule has 2 nitrogen and oxygen atoms in total. The number of rotatable bonds is 3. The number of hydrogen-bond acceptors (Lipinski definition) is 2. The molecule has 0 aliphatic heterocycles. The minimum atomic E-state index is 0.621. The fourth-order valence-corrected chi connectivity index (χ4v) is 2.64. The Morgan fingerprint density at radius 2 is 2.06 bits per heavy atom. The zero-order valence-corrected chi connectivity index (χ0v) is 10.4. The van der Waals surface area contributed by atoms with Crippen molar-refractivity contribution < 1.29 is 0 Å². The highest BCUT2D eigenvalue weighted by atomic mass is 14.9. The third-order valence-corrected chi connectivity index (χ3v) is 3.80. The van der Waals surface area contributed by atoms with Crippen molar-refractivity contribution in [3.05, 3.63) is 35.4 Å². The summed E-state index contributed by atoms with van der Waals surface area (Å²) in [5, 5.41) is 12.6. The Balaban J connectivity index is 1.95. The Hall–Kier alpha value is -1.33. The van der Waals surface area contributed by atoms with Crippen LogP contribution in [0, 0.1) is 17.2 Å². The summed E-state index contributed by atoms with van der Waals surface area (Å²) in [5.41, 5.74) is 1.91. The van der Waals surface area contributed by atoms with Gasteiger partial charge in [-0.2, -0.15) is 5.26 Å². The van der Waals surface area contributed by atoms with E-state index in [4.69, 9.17) is 5.26 Å². The summed E-state index contributed by atoms with van der Waals surface area (Å²) in [4.78, 5) is 0. The monoisotopic (exact) mass is 228 g/mol. The lowest BCUT2D eigenvalue weighted by atomic mass is 9.86. The van der Waals surface area contributed by atoms with Gasteiger partial charge in [0.25, 0.3) is 0 Å². The van der Waals surface area contributed by atoms with Crippen molar-refractivity contribution in [1.29, 1.82) is 5.26 Å². The molecule has 0 amide bonds. The van der Waals surface area contributed by atoms with Crippen LogP contribution < -0.4 is 5.32 Å². The lowest BCUT2D eigenvalue weighted by Gasteiger charge is -2.29. The van der Waals surface area contributed by atoms with Crippen LogP contribution in [0.25, 0.3) is 0 Å². The molecule has 0 bridgehead atoms. The van der Waals surface area contributed by atoms with E-state index in [1.54, 1.807) is 0 Å². The Bertz CT molecular complexity index is 406. The largest absolute Gasteiger partial charge is 0.310 e. The molecular weight excluding hydrogens is 208 g/mol. The smallest absolute Gasteiger partial charge is 0.0995 e. The first-order chi connectivity index (χ1) is 8.31. The van der Waals surface area contributed by atoms with E-state index in [-0.39, 0.29) is 0 Å². The van der Waals surface area contributed by atoms with Crippen LogP contribution in [0.1, 0.15) is 43.7 Å². The third-order valence-electron chi connectivity index (χ3n) is 3.80. The molecule has 0 saturated heterocycles. The average molecular weight is 228 g/mol. The summed E-state index contributed by atoms with van der Waals surface area (Å²) in [6.45, 7) is 3.14. The summed E-state index contributed by atoms with van der Waals surface area (Å²) in [6, 6.07) is 10.7. The summed E-state index contributed by atoms with van der Waals surface area (Å²) in [5.74, 6) is 0.762. The SMILES string of the molecule is CC1CCCCC1NCc1ccccc1C#N. The minimum Gasteiger partial charge on any atom is -0.310 e. The van der Waals surface area contributed by atoms with Crippen molar-refractivity contribution in [3.63, 3.8) is 0 Å². The van der Waals surface area contributed by atoms with E-state index in [0.29, 0.717) is 6.04 Å². The molecule has 1 aromatic rings. The summed E-state index contributed by atoms with van der Waals surface area (Å²) < 4.78 is 0. The van der Waals surface area contributed by atoms with Crippen LogP contribution in [0.4, 0.5) is 0 Å². The molecule has 2 heteroatoms. The topological polar surface area (TPSA) is 35.8 Å². The lowest BCUT2D eigenvalue weighted by Crippen LogP contribution is -2.36. The molecule has 2 rings (SSSR count). The van der Waals surface area contributed by atoms with Gasteiger partial charge >= 0.3 is 0 Å². The van der Waals surface area contributed by atoms with Gasteiger partial charge in [-0.3, -0.25) is 0 Å². The first-order valence-electron chi connectivity index (χ1n) is 6.52. The summed E-state index contributed by atoms with van der Waals surface area (Å²) in [6.07, 6.45) is 5.31. The summed E-state index contributed by atoms with van der Waals surface area (Å²) in [7, 11) is 0. The molecule has 1 fully saturated rings.